The minimum Gasteiger partial charge on any atom is -0.377 e. The first-order valence-electron chi connectivity index (χ1n) is 7.55. The number of imidazole rings is 1. The van der Waals surface area contributed by atoms with Gasteiger partial charge in [0.25, 0.3) is 0 Å². The van der Waals surface area contributed by atoms with E-state index in [-0.39, 0.29) is 6.10 Å². The molecule has 2 rings (SSSR count). The highest BCUT2D eigenvalue weighted by Gasteiger charge is 2.12. The number of benzene rings is 1. The zero-order chi connectivity index (χ0) is 14.4. The van der Waals surface area contributed by atoms with Gasteiger partial charge in [0.2, 0.25) is 0 Å². The Kier molecular flexibility index (Phi) is 5.56. The molecule has 20 heavy (non-hydrogen) atoms. The second-order valence-electron chi connectivity index (χ2n) is 5.02. The summed E-state index contributed by atoms with van der Waals surface area (Å²) >= 11 is 0. The number of hydrogen-bond donors (Lipinski definition) is 1. The van der Waals surface area contributed by atoms with E-state index in [9.17, 15) is 0 Å². The lowest BCUT2D eigenvalue weighted by Gasteiger charge is -2.16. The van der Waals surface area contributed by atoms with Crippen LogP contribution < -0.4 is 5.73 Å². The molecule has 1 aromatic carbocycles. The average Bonchev–Trinajstić information content (AvgIpc) is 2.81. The Morgan fingerprint density at radius 3 is 2.80 bits per heavy atom. The number of ether oxygens (including phenoxy) is 1. The smallest absolute Gasteiger partial charge is 0.109 e. The summed E-state index contributed by atoms with van der Waals surface area (Å²) in [6.07, 6.45) is 3.18. The Morgan fingerprint density at radius 1 is 1.30 bits per heavy atom. The summed E-state index contributed by atoms with van der Waals surface area (Å²) in [7, 11) is 0. The molecule has 0 bridgehead atoms. The summed E-state index contributed by atoms with van der Waals surface area (Å²) in [6.45, 7) is 6.40. The molecule has 1 unspecified atom stereocenters. The Labute approximate surface area is 120 Å². The molecule has 0 saturated carbocycles. The molecule has 1 heterocycles. The number of fused-ring (bicyclic) bond motifs is 1. The van der Waals surface area contributed by atoms with Crippen molar-refractivity contribution in [1.82, 2.24) is 9.55 Å². The molecule has 0 saturated heterocycles. The first kappa shape index (κ1) is 15.0. The van der Waals surface area contributed by atoms with E-state index < -0.39 is 0 Å². The average molecular weight is 275 g/mol. The molecular weight excluding hydrogens is 250 g/mol. The van der Waals surface area contributed by atoms with Gasteiger partial charge in [-0.3, -0.25) is 0 Å². The first-order valence-corrected chi connectivity index (χ1v) is 7.55. The van der Waals surface area contributed by atoms with Crippen molar-refractivity contribution in [2.45, 2.75) is 45.8 Å². The zero-order valence-electron chi connectivity index (χ0n) is 12.5. The number of aromatic nitrogens is 2. The van der Waals surface area contributed by atoms with E-state index in [1.807, 2.05) is 13.0 Å². The molecule has 0 amide bonds. The maximum atomic E-state index is 5.76. The molecule has 4 heteroatoms. The van der Waals surface area contributed by atoms with E-state index in [1.165, 1.54) is 11.3 Å². The van der Waals surface area contributed by atoms with Crippen molar-refractivity contribution >= 4 is 11.0 Å². The summed E-state index contributed by atoms with van der Waals surface area (Å²) in [5.74, 6) is 1.17. The van der Waals surface area contributed by atoms with Crippen molar-refractivity contribution in [2.75, 3.05) is 13.2 Å². The molecule has 0 radical (unpaired) electrons. The van der Waals surface area contributed by atoms with Gasteiger partial charge < -0.3 is 15.0 Å². The van der Waals surface area contributed by atoms with Crippen LogP contribution in [0.15, 0.2) is 24.3 Å². The van der Waals surface area contributed by atoms with E-state index in [4.69, 9.17) is 15.5 Å². The van der Waals surface area contributed by atoms with Crippen LogP contribution in [0, 0.1) is 0 Å². The van der Waals surface area contributed by atoms with Crippen LogP contribution in [0.3, 0.4) is 0 Å². The molecule has 0 spiro atoms. The van der Waals surface area contributed by atoms with Crippen LogP contribution in [0.1, 0.15) is 32.5 Å². The fourth-order valence-electron chi connectivity index (χ4n) is 2.57. The van der Waals surface area contributed by atoms with Gasteiger partial charge in [0.05, 0.1) is 17.1 Å². The normalized spacial score (nSPS) is 12.9. The molecule has 2 aromatic rings. The summed E-state index contributed by atoms with van der Waals surface area (Å²) in [5, 5.41) is 0. The third-order valence-corrected chi connectivity index (χ3v) is 3.55. The van der Waals surface area contributed by atoms with Gasteiger partial charge in [-0.05, 0) is 31.9 Å². The van der Waals surface area contributed by atoms with Crippen LogP contribution in [0.2, 0.25) is 0 Å². The van der Waals surface area contributed by atoms with Crippen molar-refractivity contribution in [3.63, 3.8) is 0 Å². The van der Waals surface area contributed by atoms with Gasteiger partial charge >= 0.3 is 0 Å². The minimum absolute atomic E-state index is 0.135. The summed E-state index contributed by atoms with van der Waals surface area (Å²) in [6, 6.07) is 8.32. The molecule has 0 fully saturated rings. The minimum atomic E-state index is 0.135. The second-order valence-corrected chi connectivity index (χ2v) is 5.02. The van der Waals surface area contributed by atoms with Gasteiger partial charge in [0.1, 0.15) is 5.82 Å². The van der Waals surface area contributed by atoms with E-state index >= 15 is 0 Å². The Bertz CT molecular complexity index is 536. The van der Waals surface area contributed by atoms with Gasteiger partial charge in [-0.15, -0.1) is 0 Å². The van der Waals surface area contributed by atoms with Gasteiger partial charge in [0, 0.05) is 26.1 Å². The second kappa shape index (κ2) is 7.41. The lowest BCUT2D eigenvalue weighted by Crippen LogP contribution is -2.25. The maximum absolute atomic E-state index is 5.76. The van der Waals surface area contributed by atoms with E-state index in [2.05, 4.69) is 29.7 Å². The zero-order valence-corrected chi connectivity index (χ0v) is 12.5. The number of para-hydroxylation sites is 2. The highest BCUT2D eigenvalue weighted by Crippen LogP contribution is 2.18. The first-order chi connectivity index (χ1) is 9.80. The molecule has 0 aliphatic rings. The Morgan fingerprint density at radius 2 is 2.10 bits per heavy atom. The lowest BCUT2D eigenvalue weighted by atomic mass is 10.2. The number of rotatable bonds is 8. The molecular formula is C16H25N3O. The van der Waals surface area contributed by atoms with Gasteiger partial charge in [-0.25, -0.2) is 4.98 Å². The van der Waals surface area contributed by atoms with E-state index in [0.717, 1.165) is 31.3 Å². The van der Waals surface area contributed by atoms with Crippen molar-refractivity contribution in [3.8, 4) is 0 Å². The molecule has 0 aliphatic carbocycles. The molecule has 1 atom stereocenters. The largest absolute Gasteiger partial charge is 0.377 e. The van der Waals surface area contributed by atoms with Crippen LogP contribution in [0.5, 0.6) is 0 Å². The van der Waals surface area contributed by atoms with Crippen LogP contribution in [-0.4, -0.2) is 28.8 Å². The van der Waals surface area contributed by atoms with Gasteiger partial charge in [-0.2, -0.15) is 0 Å². The van der Waals surface area contributed by atoms with Gasteiger partial charge in [0.15, 0.2) is 0 Å². The van der Waals surface area contributed by atoms with Crippen molar-refractivity contribution in [1.29, 1.82) is 0 Å². The quantitative estimate of drug-likeness (QED) is 0.806. The van der Waals surface area contributed by atoms with Crippen LogP contribution >= 0.6 is 0 Å². The van der Waals surface area contributed by atoms with Crippen LogP contribution in [-0.2, 0) is 17.7 Å². The fraction of sp³-hybridized carbons (Fsp3) is 0.562. The summed E-state index contributed by atoms with van der Waals surface area (Å²) < 4.78 is 7.96. The maximum Gasteiger partial charge on any atom is 0.109 e. The SMILES string of the molecule is CCCc1nc2ccccc2n1CCC(CN)OCC. The predicted molar refractivity (Wildman–Crippen MR) is 82.8 cm³/mol. The van der Waals surface area contributed by atoms with Crippen LogP contribution in [0.25, 0.3) is 11.0 Å². The summed E-state index contributed by atoms with van der Waals surface area (Å²) in [5.41, 5.74) is 8.05. The fourth-order valence-corrected chi connectivity index (χ4v) is 2.57. The van der Waals surface area contributed by atoms with Crippen LogP contribution in [0.4, 0.5) is 0 Å². The molecule has 110 valence electrons. The Hall–Kier alpha value is -1.39. The molecule has 4 nitrogen and oxygen atoms in total. The van der Waals surface area contributed by atoms with Crippen molar-refractivity contribution in [2.24, 2.45) is 5.73 Å². The summed E-state index contributed by atoms with van der Waals surface area (Å²) in [4.78, 5) is 4.74. The van der Waals surface area contributed by atoms with Gasteiger partial charge in [-0.1, -0.05) is 19.1 Å². The predicted octanol–water partition coefficient (Wildman–Crippen LogP) is 2.74. The highest BCUT2D eigenvalue weighted by molar-refractivity contribution is 5.75. The molecule has 0 aliphatic heterocycles. The monoisotopic (exact) mass is 275 g/mol. The van der Waals surface area contributed by atoms with Crippen molar-refractivity contribution in [3.05, 3.63) is 30.1 Å². The van der Waals surface area contributed by atoms with E-state index in [0.29, 0.717) is 13.2 Å². The number of aryl methyl sites for hydroxylation is 2. The van der Waals surface area contributed by atoms with E-state index in [1.54, 1.807) is 0 Å². The Balaban J connectivity index is 2.20. The lowest BCUT2D eigenvalue weighted by molar-refractivity contribution is 0.0600. The topological polar surface area (TPSA) is 53.1 Å². The molecule has 1 aromatic heterocycles. The number of nitrogens with zero attached hydrogens (tertiary/aromatic N) is 2. The van der Waals surface area contributed by atoms with Crippen molar-refractivity contribution < 1.29 is 4.74 Å². The number of hydrogen-bond acceptors (Lipinski definition) is 3. The third-order valence-electron chi connectivity index (χ3n) is 3.55. The highest BCUT2D eigenvalue weighted by atomic mass is 16.5. The standard InChI is InChI=1S/C16H25N3O/c1-3-7-16-18-14-8-5-6-9-15(14)19(16)11-10-13(12-17)20-4-2/h5-6,8-9,13H,3-4,7,10-12,17H2,1-2H3. The molecule has 2 N–H and O–H groups in total. The third kappa shape index (κ3) is 3.38. The number of nitrogens with two attached hydrogens (primary N) is 1.